The van der Waals surface area contributed by atoms with Gasteiger partial charge in [-0.3, -0.25) is 0 Å². The van der Waals surface area contributed by atoms with Gasteiger partial charge in [0.2, 0.25) is 0 Å². The number of piperidine rings is 1. The minimum atomic E-state index is 0.522. The van der Waals surface area contributed by atoms with Crippen molar-refractivity contribution < 1.29 is 0 Å². The second-order valence-electron chi connectivity index (χ2n) is 6.13. The van der Waals surface area contributed by atoms with Gasteiger partial charge in [0.05, 0.1) is 0 Å². The van der Waals surface area contributed by atoms with Crippen LogP contribution in [0.1, 0.15) is 37.3 Å². The van der Waals surface area contributed by atoms with Crippen molar-refractivity contribution in [3.63, 3.8) is 0 Å². The molecule has 3 heteroatoms. The summed E-state index contributed by atoms with van der Waals surface area (Å²) in [6, 6.07) is 9.56. The maximum Gasteiger partial charge on any atom is 0.0406 e. The number of hydrogen-bond acceptors (Lipinski definition) is 2. The number of hydrogen-bond donors (Lipinski definition) is 1. The van der Waals surface area contributed by atoms with Gasteiger partial charge in [-0.05, 0) is 62.9 Å². The van der Waals surface area contributed by atoms with Crippen molar-refractivity contribution in [3.8, 4) is 0 Å². The number of benzene rings is 1. The molecular formula is C16H23ClN2. The van der Waals surface area contributed by atoms with E-state index in [1.807, 2.05) is 12.1 Å². The number of rotatable bonds is 4. The first kappa shape index (κ1) is 13.4. The van der Waals surface area contributed by atoms with E-state index in [0.29, 0.717) is 12.1 Å². The molecule has 2 aliphatic rings. The van der Waals surface area contributed by atoms with Crippen LogP contribution in [0.5, 0.6) is 0 Å². The predicted octanol–water partition coefficient (Wildman–Crippen LogP) is 3.47. The maximum atomic E-state index is 6.00. The molecule has 1 saturated heterocycles. The molecule has 0 amide bonds. The zero-order valence-electron chi connectivity index (χ0n) is 11.6. The van der Waals surface area contributed by atoms with Gasteiger partial charge in [0, 0.05) is 23.7 Å². The molecule has 0 bridgehead atoms. The SMILES string of the molecule is CN1CCCC(NC(c2ccc(Cl)cc2)C2CC2)C1. The van der Waals surface area contributed by atoms with Crippen LogP contribution in [-0.4, -0.2) is 31.1 Å². The number of halogens is 1. The monoisotopic (exact) mass is 278 g/mol. The highest BCUT2D eigenvalue weighted by Gasteiger charge is 2.34. The average Bonchev–Trinajstić information content (AvgIpc) is 3.22. The van der Waals surface area contributed by atoms with Crippen LogP contribution in [0.25, 0.3) is 0 Å². The van der Waals surface area contributed by atoms with Crippen LogP contribution in [0.4, 0.5) is 0 Å². The Morgan fingerprint density at radius 2 is 1.95 bits per heavy atom. The summed E-state index contributed by atoms with van der Waals surface area (Å²) in [5, 5.41) is 4.73. The number of likely N-dealkylation sites (tertiary alicyclic amines) is 1. The number of likely N-dealkylation sites (N-methyl/N-ethyl adjacent to an activating group) is 1. The second-order valence-corrected chi connectivity index (χ2v) is 6.57. The largest absolute Gasteiger partial charge is 0.306 e. The van der Waals surface area contributed by atoms with Crippen LogP contribution in [-0.2, 0) is 0 Å². The molecule has 2 nitrogen and oxygen atoms in total. The molecule has 2 atom stereocenters. The van der Waals surface area contributed by atoms with Gasteiger partial charge in [-0.2, -0.15) is 0 Å². The van der Waals surface area contributed by atoms with Crippen LogP contribution in [0.3, 0.4) is 0 Å². The minimum absolute atomic E-state index is 0.522. The standard InChI is InChI=1S/C16H23ClN2/c1-19-10-2-3-15(11-19)18-16(12-4-5-12)13-6-8-14(17)9-7-13/h6-9,12,15-16,18H,2-5,10-11H2,1H3. The Bertz CT molecular complexity index is 413. The molecule has 0 aromatic heterocycles. The van der Waals surface area contributed by atoms with E-state index in [1.54, 1.807) is 0 Å². The lowest BCUT2D eigenvalue weighted by atomic mass is 9.98. The van der Waals surface area contributed by atoms with E-state index < -0.39 is 0 Å². The molecule has 1 heterocycles. The van der Waals surface area contributed by atoms with Gasteiger partial charge in [0.15, 0.2) is 0 Å². The van der Waals surface area contributed by atoms with Gasteiger partial charge < -0.3 is 10.2 Å². The van der Waals surface area contributed by atoms with Crippen molar-refractivity contribution in [2.45, 2.75) is 37.8 Å². The number of nitrogens with zero attached hydrogens (tertiary/aromatic N) is 1. The van der Waals surface area contributed by atoms with Gasteiger partial charge >= 0.3 is 0 Å². The van der Waals surface area contributed by atoms with Crippen LogP contribution in [0.2, 0.25) is 5.02 Å². The van der Waals surface area contributed by atoms with Crippen molar-refractivity contribution in [1.82, 2.24) is 10.2 Å². The van der Waals surface area contributed by atoms with Crippen LogP contribution in [0, 0.1) is 5.92 Å². The summed E-state index contributed by atoms with van der Waals surface area (Å²) in [6.45, 7) is 2.42. The molecular weight excluding hydrogens is 256 g/mol. The van der Waals surface area contributed by atoms with E-state index >= 15 is 0 Å². The Labute approximate surface area is 121 Å². The quantitative estimate of drug-likeness (QED) is 0.907. The highest BCUT2D eigenvalue weighted by atomic mass is 35.5. The molecule has 1 aromatic carbocycles. The van der Waals surface area contributed by atoms with Crippen molar-refractivity contribution in [2.24, 2.45) is 5.92 Å². The van der Waals surface area contributed by atoms with E-state index in [0.717, 1.165) is 10.9 Å². The zero-order chi connectivity index (χ0) is 13.2. The van der Waals surface area contributed by atoms with Gasteiger partial charge in [-0.25, -0.2) is 0 Å². The minimum Gasteiger partial charge on any atom is -0.306 e. The van der Waals surface area contributed by atoms with Gasteiger partial charge in [-0.15, -0.1) is 0 Å². The summed E-state index contributed by atoms with van der Waals surface area (Å²) in [5.41, 5.74) is 1.40. The fourth-order valence-corrected chi connectivity index (χ4v) is 3.29. The van der Waals surface area contributed by atoms with E-state index in [2.05, 4.69) is 29.4 Å². The molecule has 1 aliphatic carbocycles. The van der Waals surface area contributed by atoms with E-state index in [-0.39, 0.29) is 0 Å². The fourth-order valence-electron chi connectivity index (χ4n) is 3.16. The normalized spacial score (nSPS) is 26.3. The van der Waals surface area contributed by atoms with Crippen molar-refractivity contribution in [3.05, 3.63) is 34.9 Å². The first-order valence-corrected chi connectivity index (χ1v) is 7.80. The summed E-state index contributed by atoms with van der Waals surface area (Å²) in [4.78, 5) is 2.44. The van der Waals surface area contributed by atoms with Crippen molar-refractivity contribution >= 4 is 11.6 Å². The third kappa shape index (κ3) is 3.50. The molecule has 19 heavy (non-hydrogen) atoms. The lowest BCUT2D eigenvalue weighted by molar-refractivity contribution is 0.212. The first-order chi connectivity index (χ1) is 9.22. The Hall–Kier alpha value is -0.570. The van der Waals surface area contributed by atoms with Crippen LogP contribution >= 0.6 is 11.6 Å². The lowest BCUT2D eigenvalue weighted by Crippen LogP contribution is -2.45. The molecule has 2 unspecified atom stereocenters. The molecule has 1 N–H and O–H groups in total. The van der Waals surface area contributed by atoms with Crippen molar-refractivity contribution in [1.29, 1.82) is 0 Å². The van der Waals surface area contributed by atoms with E-state index in [4.69, 9.17) is 11.6 Å². The molecule has 3 rings (SSSR count). The highest BCUT2D eigenvalue weighted by Crippen LogP contribution is 2.41. The molecule has 1 aliphatic heterocycles. The highest BCUT2D eigenvalue weighted by molar-refractivity contribution is 6.30. The smallest absolute Gasteiger partial charge is 0.0406 e. The fraction of sp³-hybridized carbons (Fsp3) is 0.625. The van der Waals surface area contributed by atoms with Gasteiger partial charge in [0.25, 0.3) is 0 Å². The van der Waals surface area contributed by atoms with Crippen molar-refractivity contribution in [2.75, 3.05) is 20.1 Å². The predicted molar refractivity (Wildman–Crippen MR) is 80.6 cm³/mol. The number of nitrogens with one attached hydrogen (secondary N) is 1. The molecule has 0 spiro atoms. The molecule has 1 aromatic rings. The lowest BCUT2D eigenvalue weighted by Gasteiger charge is -2.33. The Balaban J connectivity index is 1.69. The Morgan fingerprint density at radius 1 is 1.21 bits per heavy atom. The van der Waals surface area contributed by atoms with E-state index in [1.165, 1.54) is 44.3 Å². The van der Waals surface area contributed by atoms with Gasteiger partial charge in [0.1, 0.15) is 0 Å². The third-order valence-corrected chi connectivity index (χ3v) is 4.61. The molecule has 0 radical (unpaired) electrons. The van der Waals surface area contributed by atoms with Crippen LogP contribution < -0.4 is 5.32 Å². The van der Waals surface area contributed by atoms with Crippen LogP contribution in [0.15, 0.2) is 24.3 Å². The van der Waals surface area contributed by atoms with E-state index in [9.17, 15) is 0 Å². The summed E-state index contributed by atoms with van der Waals surface area (Å²) in [5.74, 6) is 0.827. The van der Waals surface area contributed by atoms with Gasteiger partial charge in [-0.1, -0.05) is 23.7 Å². The summed E-state index contributed by atoms with van der Waals surface area (Å²) in [7, 11) is 2.22. The Morgan fingerprint density at radius 3 is 2.58 bits per heavy atom. The maximum absolute atomic E-state index is 6.00. The molecule has 104 valence electrons. The molecule has 1 saturated carbocycles. The zero-order valence-corrected chi connectivity index (χ0v) is 12.4. The summed E-state index contributed by atoms with van der Waals surface area (Å²) in [6.07, 6.45) is 5.35. The second kappa shape index (κ2) is 5.82. The topological polar surface area (TPSA) is 15.3 Å². The average molecular weight is 279 g/mol. The third-order valence-electron chi connectivity index (χ3n) is 4.36. The first-order valence-electron chi connectivity index (χ1n) is 7.42. The molecule has 2 fully saturated rings. The summed E-state index contributed by atoms with van der Waals surface area (Å²) >= 11 is 6.00. The summed E-state index contributed by atoms with van der Waals surface area (Å²) < 4.78 is 0. The Kier molecular flexibility index (Phi) is 4.11.